The van der Waals surface area contributed by atoms with Crippen LogP contribution < -0.4 is 5.73 Å². The molecule has 0 saturated carbocycles. The molecule has 0 amide bonds. The van der Waals surface area contributed by atoms with Gasteiger partial charge < -0.3 is 9.72 Å². The molecule has 0 aliphatic heterocycles. The Kier molecular flexibility index (Phi) is 4.50. The van der Waals surface area contributed by atoms with Crippen molar-refractivity contribution < 1.29 is 14.5 Å². The molecule has 0 saturated heterocycles. The largest absolute Gasteiger partial charge is 0.449 e. The van der Waals surface area contributed by atoms with Gasteiger partial charge >= 0.3 is 0 Å². The summed E-state index contributed by atoms with van der Waals surface area (Å²) in [6, 6.07) is 8.05. The Labute approximate surface area is 125 Å². The fourth-order valence-electron chi connectivity index (χ4n) is 2.20. The third kappa shape index (κ3) is 2.94. The van der Waals surface area contributed by atoms with Gasteiger partial charge in [-0.1, -0.05) is 12.1 Å². The van der Waals surface area contributed by atoms with Crippen LogP contribution in [0.25, 0.3) is 11.1 Å². The number of nitrogens with one attached hydrogen (secondary N) is 1. The predicted molar refractivity (Wildman–Crippen MR) is 76.4 cm³/mol. The van der Waals surface area contributed by atoms with E-state index in [1.165, 1.54) is 12.3 Å². The molecular weight excluding hydrogens is 288 g/mol. The number of nitrogens with zero attached hydrogens (tertiary/aromatic N) is 2. The molecule has 22 heavy (non-hydrogen) atoms. The van der Waals surface area contributed by atoms with Crippen LogP contribution >= 0.6 is 0 Å². The first-order chi connectivity index (χ1) is 10.6. The number of para-hydroxylation sites is 1. The molecule has 0 bridgehead atoms. The monoisotopic (exact) mass is 300 g/mol. The highest BCUT2D eigenvalue weighted by Crippen LogP contribution is 2.34. The van der Waals surface area contributed by atoms with Gasteiger partial charge in [0.2, 0.25) is 0 Å². The highest BCUT2D eigenvalue weighted by molar-refractivity contribution is 5.80. The van der Waals surface area contributed by atoms with E-state index in [2.05, 4.69) is 9.72 Å². The van der Waals surface area contributed by atoms with Crippen molar-refractivity contribution in [3.05, 3.63) is 51.8 Å². The first-order valence-corrected chi connectivity index (χ1v) is 6.27. The van der Waals surface area contributed by atoms with E-state index in [4.69, 9.17) is 5.73 Å². The summed E-state index contributed by atoms with van der Waals surface area (Å²) in [5, 5.41) is 20.4. The molecule has 8 heteroatoms. The Hall–Kier alpha value is -3.18. The lowest BCUT2D eigenvalue weighted by atomic mass is 9.98. The molecule has 112 valence electrons. The SMILES string of the molecule is N#Cc1[nH]cc(CC(N)OC=O)c1-c1ccccc1[N+](=O)[O-]. The molecule has 0 spiro atoms. The third-order valence-corrected chi connectivity index (χ3v) is 3.10. The number of aromatic amines is 1. The van der Waals surface area contributed by atoms with Crippen molar-refractivity contribution in [3.8, 4) is 17.2 Å². The molecule has 1 unspecified atom stereocenters. The minimum atomic E-state index is -0.902. The van der Waals surface area contributed by atoms with Crippen LogP contribution in [0.4, 0.5) is 5.69 Å². The van der Waals surface area contributed by atoms with Gasteiger partial charge in [-0.25, -0.2) is 0 Å². The molecule has 1 heterocycles. The van der Waals surface area contributed by atoms with Gasteiger partial charge in [0.05, 0.1) is 10.5 Å². The number of benzene rings is 1. The molecule has 1 atom stereocenters. The zero-order valence-corrected chi connectivity index (χ0v) is 11.4. The Bertz CT molecular complexity index is 748. The minimum absolute atomic E-state index is 0.121. The summed E-state index contributed by atoms with van der Waals surface area (Å²) in [6.45, 7) is 0.229. The van der Waals surface area contributed by atoms with Crippen LogP contribution in [0.2, 0.25) is 0 Å². The van der Waals surface area contributed by atoms with Crippen molar-refractivity contribution >= 4 is 12.2 Å². The molecule has 0 radical (unpaired) electrons. The Balaban J connectivity index is 2.55. The lowest BCUT2D eigenvalue weighted by Crippen LogP contribution is -2.25. The van der Waals surface area contributed by atoms with Crippen LogP contribution in [-0.4, -0.2) is 22.6 Å². The second kappa shape index (κ2) is 6.51. The van der Waals surface area contributed by atoms with Gasteiger partial charge in [-0.05, 0) is 11.6 Å². The van der Waals surface area contributed by atoms with E-state index in [0.717, 1.165) is 0 Å². The quantitative estimate of drug-likeness (QED) is 0.359. The van der Waals surface area contributed by atoms with Crippen molar-refractivity contribution in [2.24, 2.45) is 5.73 Å². The number of hydrogen-bond donors (Lipinski definition) is 2. The van der Waals surface area contributed by atoms with E-state index in [1.807, 2.05) is 6.07 Å². The van der Waals surface area contributed by atoms with Crippen molar-refractivity contribution in [2.45, 2.75) is 12.6 Å². The molecule has 0 aliphatic carbocycles. The summed E-state index contributed by atoms with van der Waals surface area (Å²) in [6.07, 6.45) is 0.748. The highest BCUT2D eigenvalue weighted by atomic mass is 16.6. The summed E-state index contributed by atoms with van der Waals surface area (Å²) < 4.78 is 4.62. The maximum Gasteiger partial charge on any atom is 0.294 e. The number of nitriles is 1. The highest BCUT2D eigenvalue weighted by Gasteiger charge is 2.22. The summed E-state index contributed by atoms with van der Waals surface area (Å²) in [5.41, 5.74) is 6.94. The second-order valence-electron chi connectivity index (χ2n) is 4.42. The molecule has 3 N–H and O–H groups in total. The van der Waals surface area contributed by atoms with Crippen LogP contribution in [0.3, 0.4) is 0 Å². The predicted octanol–water partition coefficient (Wildman–Crippen LogP) is 1.46. The second-order valence-corrected chi connectivity index (χ2v) is 4.42. The van der Waals surface area contributed by atoms with E-state index in [-0.39, 0.29) is 24.3 Å². The van der Waals surface area contributed by atoms with E-state index in [1.54, 1.807) is 18.2 Å². The number of nitro benzene ring substituents is 1. The Morgan fingerprint density at radius 1 is 1.50 bits per heavy atom. The first-order valence-electron chi connectivity index (χ1n) is 6.27. The number of H-pyrrole nitrogens is 1. The number of nitrogens with two attached hydrogens (primary N) is 1. The van der Waals surface area contributed by atoms with Gasteiger partial charge in [-0.15, -0.1) is 0 Å². The number of nitro groups is 1. The maximum absolute atomic E-state index is 11.2. The smallest absolute Gasteiger partial charge is 0.294 e. The molecule has 1 aromatic carbocycles. The van der Waals surface area contributed by atoms with Gasteiger partial charge in [0.1, 0.15) is 11.8 Å². The lowest BCUT2D eigenvalue weighted by Gasteiger charge is -2.10. The van der Waals surface area contributed by atoms with Gasteiger partial charge in [0, 0.05) is 24.2 Å². The van der Waals surface area contributed by atoms with E-state index in [0.29, 0.717) is 16.7 Å². The first kappa shape index (κ1) is 15.2. The summed E-state index contributed by atoms with van der Waals surface area (Å²) >= 11 is 0. The zero-order chi connectivity index (χ0) is 16.1. The standard InChI is InChI=1S/C14H12N4O4/c15-6-11-14(9(7-17-11)5-13(16)22-8-19)10-3-1-2-4-12(10)18(20)21/h1-4,7-8,13,17H,5,16H2. The summed E-state index contributed by atoms with van der Waals surface area (Å²) in [4.78, 5) is 23.7. The maximum atomic E-state index is 11.2. The van der Waals surface area contributed by atoms with Crippen LogP contribution in [0.15, 0.2) is 30.5 Å². The lowest BCUT2D eigenvalue weighted by molar-refractivity contribution is -0.384. The fraction of sp³-hybridized carbons (Fsp3) is 0.143. The van der Waals surface area contributed by atoms with Crippen LogP contribution in [0.5, 0.6) is 0 Å². The summed E-state index contributed by atoms with van der Waals surface area (Å²) in [7, 11) is 0. The van der Waals surface area contributed by atoms with E-state index < -0.39 is 11.2 Å². The van der Waals surface area contributed by atoms with E-state index >= 15 is 0 Å². The molecule has 1 aromatic heterocycles. The molecule has 8 nitrogen and oxygen atoms in total. The number of carbonyl (C=O) groups is 1. The summed E-state index contributed by atoms with van der Waals surface area (Å²) in [5.74, 6) is 0. The van der Waals surface area contributed by atoms with Gasteiger partial charge in [-0.2, -0.15) is 5.26 Å². The minimum Gasteiger partial charge on any atom is -0.449 e. The van der Waals surface area contributed by atoms with Crippen molar-refractivity contribution in [3.63, 3.8) is 0 Å². The number of aromatic nitrogens is 1. The van der Waals surface area contributed by atoms with Crippen LogP contribution in [0, 0.1) is 21.4 Å². The van der Waals surface area contributed by atoms with Crippen LogP contribution in [-0.2, 0) is 16.0 Å². The molecule has 2 rings (SSSR count). The molecule has 0 fully saturated rings. The number of hydrogen-bond acceptors (Lipinski definition) is 6. The Morgan fingerprint density at radius 3 is 2.86 bits per heavy atom. The van der Waals surface area contributed by atoms with Gasteiger partial charge in [0.25, 0.3) is 12.2 Å². The average molecular weight is 300 g/mol. The zero-order valence-electron chi connectivity index (χ0n) is 11.4. The van der Waals surface area contributed by atoms with E-state index in [9.17, 15) is 20.2 Å². The normalized spacial score (nSPS) is 11.5. The average Bonchev–Trinajstić information content (AvgIpc) is 2.89. The fourth-order valence-corrected chi connectivity index (χ4v) is 2.20. The van der Waals surface area contributed by atoms with Crippen molar-refractivity contribution in [1.82, 2.24) is 4.98 Å². The number of rotatable bonds is 6. The van der Waals surface area contributed by atoms with Gasteiger partial charge in [0.15, 0.2) is 6.23 Å². The van der Waals surface area contributed by atoms with Crippen molar-refractivity contribution in [1.29, 1.82) is 5.26 Å². The molecule has 2 aromatic rings. The number of carbonyl (C=O) groups excluding carboxylic acids is 1. The topological polar surface area (TPSA) is 135 Å². The third-order valence-electron chi connectivity index (χ3n) is 3.10. The molecule has 0 aliphatic rings. The number of ether oxygens (including phenoxy) is 1. The van der Waals surface area contributed by atoms with Gasteiger partial charge in [-0.3, -0.25) is 20.6 Å². The molecular formula is C14H12N4O4. The Morgan fingerprint density at radius 2 is 2.23 bits per heavy atom. The van der Waals surface area contributed by atoms with Crippen LogP contribution in [0.1, 0.15) is 11.3 Å². The van der Waals surface area contributed by atoms with Crippen molar-refractivity contribution in [2.75, 3.05) is 0 Å².